The van der Waals surface area contributed by atoms with Crippen LogP contribution in [0.5, 0.6) is 0 Å². The summed E-state index contributed by atoms with van der Waals surface area (Å²) in [6.07, 6.45) is 2.94. The molecule has 1 unspecified atom stereocenters. The first-order valence-electron chi connectivity index (χ1n) is 7.88. The number of nitrogens with one attached hydrogen (secondary N) is 2. The van der Waals surface area contributed by atoms with E-state index in [1.807, 2.05) is 45.2 Å². The highest BCUT2D eigenvalue weighted by Crippen LogP contribution is 2.26. The monoisotopic (exact) mass is 348 g/mol. The Balaban J connectivity index is 1.90. The van der Waals surface area contributed by atoms with Crippen molar-refractivity contribution in [2.24, 2.45) is 11.3 Å². The second-order valence-electron chi connectivity index (χ2n) is 6.76. The Kier molecular flexibility index (Phi) is 5.90. The summed E-state index contributed by atoms with van der Waals surface area (Å²) in [4.78, 5) is 20.5. The summed E-state index contributed by atoms with van der Waals surface area (Å²) in [6, 6.07) is 3.43. The topological polar surface area (TPSA) is 87.1 Å². The molecule has 2 aromatic rings. The van der Waals surface area contributed by atoms with Gasteiger partial charge in [0.1, 0.15) is 0 Å². The summed E-state index contributed by atoms with van der Waals surface area (Å²) in [6.45, 7) is 8.16. The van der Waals surface area contributed by atoms with Crippen LogP contribution in [0.1, 0.15) is 27.7 Å². The predicted octanol–water partition coefficient (Wildman–Crippen LogP) is 3.37. The zero-order chi connectivity index (χ0) is 17.7. The molecule has 2 amide bonds. The molecule has 6 nitrogen and oxygen atoms in total. The van der Waals surface area contributed by atoms with Gasteiger partial charge in [0.2, 0.25) is 0 Å². The molecule has 2 aromatic heterocycles. The van der Waals surface area contributed by atoms with Crippen LogP contribution in [0, 0.1) is 11.3 Å². The van der Waals surface area contributed by atoms with E-state index in [-0.39, 0.29) is 11.9 Å². The fraction of sp³-hybridized carbons (Fsp3) is 0.471. The van der Waals surface area contributed by atoms with Crippen LogP contribution < -0.4 is 10.6 Å². The van der Waals surface area contributed by atoms with Crippen LogP contribution >= 0.6 is 11.3 Å². The number of rotatable bonds is 6. The molecule has 0 aromatic carbocycles. The molecule has 0 radical (unpaired) electrons. The Morgan fingerprint density at radius 1 is 1.42 bits per heavy atom. The van der Waals surface area contributed by atoms with Crippen LogP contribution in [-0.4, -0.2) is 33.8 Å². The van der Waals surface area contributed by atoms with E-state index in [0.717, 1.165) is 11.3 Å². The van der Waals surface area contributed by atoms with E-state index in [1.54, 1.807) is 12.4 Å². The molecule has 0 aliphatic carbocycles. The van der Waals surface area contributed by atoms with Gasteiger partial charge in [0.05, 0.1) is 11.8 Å². The minimum absolute atomic E-state index is 0.130. The number of aliphatic hydroxyl groups excluding tert-OH is 1. The van der Waals surface area contributed by atoms with Crippen molar-refractivity contribution in [3.63, 3.8) is 0 Å². The molecule has 0 saturated heterocycles. The number of aromatic nitrogens is 2. The van der Waals surface area contributed by atoms with Crippen LogP contribution in [-0.2, 0) is 0 Å². The highest BCUT2D eigenvalue weighted by atomic mass is 32.1. The van der Waals surface area contributed by atoms with Crippen molar-refractivity contribution in [3.05, 3.63) is 29.9 Å². The van der Waals surface area contributed by atoms with E-state index >= 15 is 0 Å². The lowest BCUT2D eigenvalue weighted by Gasteiger charge is -2.33. The van der Waals surface area contributed by atoms with Crippen molar-refractivity contribution in [3.8, 4) is 11.3 Å². The molecular formula is C17H24N4O2S. The van der Waals surface area contributed by atoms with E-state index in [0.29, 0.717) is 11.7 Å². The van der Waals surface area contributed by atoms with Gasteiger partial charge in [-0.1, -0.05) is 27.7 Å². The van der Waals surface area contributed by atoms with Gasteiger partial charge >= 0.3 is 6.03 Å². The standard InChI is InChI=1S/C17H24N4O2S/c1-11(2)14(22)17(3,4)10-19-15(23)21-16-20-13(9-24-16)12-6-5-7-18-8-12/h5-9,11,14,22H,10H2,1-4H3,(H2,19,20,21,23). The summed E-state index contributed by atoms with van der Waals surface area (Å²) < 4.78 is 0. The zero-order valence-electron chi connectivity index (χ0n) is 14.4. The molecule has 2 heterocycles. The predicted molar refractivity (Wildman–Crippen MR) is 97.0 cm³/mol. The average Bonchev–Trinajstić information content (AvgIpc) is 3.01. The van der Waals surface area contributed by atoms with Crippen molar-refractivity contribution in [1.82, 2.24) is 15.3 Å². The van der Waals surface area contributed by atoms with E-state index in [4.69, 9.17) is 0 Å². The largest absolute Gasteiger partial charge is 0.392 e. The summed E-state index contributed by atoms with van der Waals surface area (Å²) in [5.74, 6) is 0.130. The Bertz CT molecular complexity index is 670. The quantitative estimate of drug-likeness (QED) is 0.747. The molecule has 0 aliphatic heterocycles. The van der Waals surface area contributed by atoms with E-state index in [9.17, 15) is 9.90 Å². The van der Waals surface area contributed by atoms with Gasteiger partial charge in [0.15, 0.2) is 5.13 Å². The second kappa shape index (κ2) is 7.72. The van der Waals surface area contributed by atoms with E-state index < -0.39 is 11.5 Å². The number of pyridine rings is 1. The third-order valence-electron chi connectivity index (χ3n) is 3.82. The van der Waals surface area contributed by atoms with Gasteiger partial charge in [-0.3, -0.25) is 10.3 Å². The fourth-order valence-corrected chi connectivity index (χ4v) is 3.15. The lowest BCUT2D eigenvalue weighted by molar-refractivity contribution is 0.0154. The molecule has 1 atom stereocenters. The van der Waals surface area contributed by atoms with Crippen molar-refractivity contribution < 1.29 is 9.90 Å². The summed E-state index contributed by atoms with van der Waals surface area (Å²) in [5, 5.41) is 18.1. The maximum atomic E-state index is 12.0. The van der Waals surface area contributed by atoms with Gasteiger partial charge in [0.25, 0.3) is 0 Å². The molecule has 0 saturated carbocycles. The van der Waals surface area contributed by atoms with Gasteiger partial charge in [-0.25, -0.2) is 9.78 Å². The third kappa shape index (κ3) is 4.75. The number of hydrogen-bond acceptors (Lipinski definition) is 5. The number of carbonyl (C=O) groups excluding carboxylic acids is 1. The van der Waals surface area contributed by atoms with Gasteiger partial charge in [-0.15, -0.1) is 11.3 Å². The van der Waals surface area contributed by atoms with Crippen LogP contribution in [0.3, 0.4) is 0 Å². The fourth-order valence-electron chi connectivity index (χ4n) is 2.43. The molecule has 0 spiro atoms. The highest BCUT2D eigenvalue weighted by molar-refractivity contribution is 7.14. The Labute approximate surface area is 146 Å². The number of anilines is 1. The first-order valence-corrected chi connectivity index (χ1v) is 8.76. The number of carbonyl (C=O) groups is 1. The first kappa shape index (κ1) is 18.4. The van der Waals surface area contributed by atoms with Crippen LogP contribution in [0.2, 0.25) is 0 Å². The van der Waals surface area contributed by atoms with Crippen LogP contribution in [0.4, 0.5) is 9.93 Å². The van der Waals surface area contributed by atoms with Crippen molar-refractivity contribution in [2.75, 3.05) is 11.9 Å². The van der Waals surface area contributed by atoms with Crippen LogP contribution in [0.25, 0.3) is 11.3 Å². The van der Waals surface area contributed by atoms with Crippen molar-refractivity contribution in [2.45, 2.75) is 33.8 Å². The minimum atomic E-state index is -0.491. The number of hydrogen-bond donors (Lipinski definition) is 3. The smallest absolute Gasteiger partial charge is 0.321 e. The van der Waals surface area contributed by atoms with E-state index in [1.165, 1.54) is 11.3 Å². The lowest BCUT2D eigenvalue weighted by atomic mass is 9.81. The van der Waals surface area contributed by atoms with Gasteiger partial charge in [-0.05, 0) is 18.1 Å². The number of thiazole rings is 1. The van der Waals surface area contributed by atoms with Gasteiger partial charge in [-0.2, -0.15) is 0 Å². The summed E-state index contributed by atoms with van der Waals surface area (Å²) in [7, 11) is 0. The normalized spacial score (nSPS) is 12.9. The maximum Gasteiger partial charge on any atom is 0.321 e. The minimum Gasteiger partial charge on any atom is -0.392 e. The SMILES string of the molecule is CC(C)C(O)C(C)(C)CNC(=O)Nc1nc(-c2cccnc2)cs1. The number of nitrogens with zero attached hydrogens (tertiary/aromatic N) is 2. The molecule has 130 valence electrons. The van der Waals surface area contributed by atoms with E-state index in [2.05, 4.69) is 20.6 Å². The summed E-state index contributed by atoms with van der Waals surface area (Å²) in [5.41, 5.74) is 1.28. The maximum absolute atomic E-state index is 12.0. The zero-order valence-corrected chi connectivity index (χ0v) is 15.2. The average molecular weight is 348 g/mol. The van der Waals surface area contributed by atoms with Crippen molar-refractivity contribution >= 4 is 22.5 Å². The third-order valence-corrected chi connectivity index (χ3v) is 4.58. The van der Waals surface area contributed by atoms with Crippen LogP contribution in [0.15, 0.2) is 29.9 Å². The molecule has 3 N–H and O–H groups in total. The first-order chi connectivity index (χ1) is 11.3. The second-order valence-corrected chi connectivity index (χ2v) is 7.62. The molecule has 7 heteroatoms. The highest BCUT2D eigenvalue weighted by Gasteiger charge is 2.30. The molecular weight excluding hydrogens is 324 g/mol. The number of aliphatic hydroxyl groups is 1. The Morgan fingerprint density at radius 3 is 2.79 bits per heavy atom. The Hall–Kier alpha value is -1.99. The molecule has 0 bridgehead atoms. The lowest BCUT2D eigenvalue weighted by Crippen LogP contribution is -2.44. The molecule has 0 fully saturated rings. The Morgan fingerprint density at radius 2 is 2.17 bits per heavy atom. The van der Waals surface area contributed by atoms with Gasteiger partial charge in [0, 0.05) is 35.3 Å². The summed E-state index contributed by atoms with van der Waals surface area (Å²) >= 11 is 1.36. The number of urea groups is 1. The number of amides is 2. The molecule has 0 aliphatic rings. The van der Waals surface area contributed by atoms with Crippen molar-refractivity contribution in [1.29, 1.82) is 0 Å². The molecule has 24 heavy (non-hydrogen) atoms. The molecule has 2 rings (SSSR count). The van der Waals surface area contributed by atoms with Gasteiger partial charge < -0.3 is 10.4 Å².